The van der Waals surface area contributed by atoms with E-state index in [1.54, 1.807) is 0 Å². The van der Waals surface area contributed by atoms with Crippen LogP contribution in [0.5, 0.6) is 0 Å². The summed E-state index contributed by atoms with van der Waals surface area (Å²) in [4.78, 5) is 0. The van der Waals surface area contributed by atoms with Crippen molar-refractivity contribution in [3.05, 3.63) is 0 Å². The number of hydrogen-bond acceptors (Lipinski definition) is 2. The average molecular weight is 216 g/mol. The van der Waals surface area contributed by atoms with Gasteiger partial charge in [0.1, 0.15) is 0 Å². The topological polar surface area (TPSA) is 46.5 Å². The molecule has 4 rings (SSSR count). The molecule has 3 nitrogen and oxygen atoms in total. The van der Waals surface area contributed by atoms with Crippen molar-refractivity contribution in [2.45, 2.75) is 44.1 Å². The molecule has 0 radical (unpaired) electrons. The van der Waals surface area contributed by atoms with E-state index in [4.69, 9.17) is 8.74 Å². The Labute approximate surface area is 86.7 Å². The lowest BCUT2D eigenvalue weighted by Gasteiger charge is -2.55. The van der Waals surface area contributed by atoms with Crippen molar-refractivity contribution in [3.63, 3.8) is 0 Å². The lowest BCUT2D eigenvalue weighted by atomic mass is 9.54. The Morgan fingerprint density at radius 1 is 1.07 bits per heavy atom. The van der Waals surface area contributed by atoms with Crippen LogP contribution in [0.2, 0.25) is 0 Å². The summed E-state index contributed by atoms with van der Waals surface area (Å²) in [5.41, 5.74) is -0.228. The zero-order valence-electron chi connectivity index (χ0n) is 8.15. The van der Waals surface area contributed by atoms with Crippen LogP contribution in [0.4, 0.5) is 0 Å². The molecule has 4 bridgehead atoms. The fourth-order valence-corrected chi connectivity index (χ4v) is 4.79. The normalized spacial score (nSPS) is 52.2. The summed E-state index contributed by atoms with van der Waals surface area (Å²) in [6.45, 7) is 0. The summed E-state index contributed by atoms with van der Waals surface area (Å²) in [5, 5.41) is 0. The SMILES string of the molecule is O=S(O)OC12CC3CC(CC(C3)C1)C2. The van der Waals surface area contributed by atoms with Gasteiger partial charge in [-0.2, -0.15) is 4.21 Å². The monoisotopic (exact) mass is 216 g/mol. The first-order valence-electron chi connectivity index (χ1n) is 5.45. The van der Waals surface area contributed by atoms with Crippen LogP contribution in [0.1, 0.15) is 38.5 Å². The van der Waals surface area contributed by atoms with Gasteiger partial charge in [0.05, 0.1) is 5.60 Å². The van der Waals surface area contributed by atoms with Gasteiger partial charge in [0.2, 0.25) is 0 Å². The number of rotatable bonds is 2. The highest BCUT2D eigenvalue weighted by molar-refractivity contribution is 7.74. The molecule has 0 aromatic heterocycles. The summed E-state index contributed by atoms with van der Waals surface area (Å²) in [5.74, 6) is 2.30. The molecule has 0 aromatic carbocycles. The molecule has 4 aliphatic rings. The van der Waals surface area contributed by atoms with E-state index in [0.717, 1.165) is 37.0 Å². The van der Waals surface area contributed by atoms with Crippen LogP contribution >= 0.6 is 0 Å². The van der Waals surface area contributed by atoms with Crippen molar-refractivity contribution in [1.82, 2.24) is 0 Å². The van der Waals surface area contributed by atoms with Gasteiger partial charge in [-0.25, -0.2) is 0 Å². The van der Waals surface area contributed by atoms with Crippen molar-refractivity contribution in [1.29, 1.82) is 0 Å². The average Bonchev–Trinajstić information content (AvgIpc) is 1.96. The van der Waals surface area contributed by atoms with Crippen molar-refractivity contribution < 1.29 is 12.9 Å². The van der Waals surface area contributed by atoms with Crippen LogP contribution in [0.3, 0.4) is 0 Å². The van der Waals surface area contributed by atoms with E-state index in [1.807, 2.05) is 0 Å². The van der Waals surface area contributed by atoms with E-state index in [-0.39, 0.29) is 5.60 Å². The Kier molecular flexibility index (Phi) is 2.01. The second kappa shape index (κ2) is 3.03. The highest BCUT2D eigenvalue weighted by atomic mass is 32.2. The molecule has 1 atom stereocenters. The second-order valence-electron chi connectivity index (χ2n) is 5.40. The van der Waals surface area contributed by atoms with Crippen LogP contribution in [0.25, 0.3) is 0 Å². The molecule has 0 amide bonds. The van der Waals surface area contributed by atoms with E-state index < -0.39 is 11.4 Å². The predicted octanol–water partition coefficient (Wildman–Crippen LogP) is 2.11. The molecule has 1 N–H and O–H groups in total. The van der Waals surface area contributed by atoms with E-state index >= 15 is 0 Å². The standard InChI is InChI=1S/C10H16O3S/c11-14(12)13-10-4-7-1-8(5-10)3-9(2-7)6-10/h7-9H,1-6H2,(H,11,12). The minimum Gasteiger partial charge on any atom is -0.284 e. The van der Waals surface area contributed by atoms with Gasteiger partial charge in [0.15, 0.2) is 0 Å². The molecule has 4 aliphatic carbocycles. The molecule has 0 heterocycles. The van der Waals surface area contributed by atoms with Crippen molar-refractivity contribution >= 4 is 11.4 Å². The fraction of sp³-hybridized carbons (Fsp3) is 1.00. The van der Waals surface area contributed by atoms with Crippen LogP contribution in [-0.4, -0.2) is 14.4 Å². The van der Waals surface area contributed by atoms with Crippen LogP contribution < -0.4 is 0 Å². The minimum absolute atomic E-state index is 0.228. The zero-order valence-corrected chi connectivity index (χ0v) is 8.96. The molecule has 80 valence electrons. The first-order chi connectivity index (χ1) is 6.65. The first kappa shape index (κ1) is 9.31. The van der Waals surface area contributed by atoms with Gasteiger partial charge in [0, 0.05) is 0 Å². The quantitative estimate of drug-likeness (QED) is 0.719. The fourth-order valence-electron chi connectivity index (χ4n) is 4.28. The third-order valence-corrected chi connectivity index (χ3v) is 4.73. The van der Waals surface area contributed by atoms with Gasteiger partial charge >= 0.3 is 11.4 Å². The lowest BCUT2D eigenvalue weighted by Crippen LogP contribution is -2.52. The van der Waals surface area contributed by atoms with Gasteiger partial charge in [-0.15, -0.1) is 0 Å². The van der Waals surface area contributed by atoms with E-state index in [0.29, 0.717) is 0 Å². The van der Waals surface area contributed by atoms with E-state index in [1.165, 1.54) is 19.3 Å². The summed E-state index contributed by atoms with van der Waals surface area (Å²) in [6.07, 6.45) is 7.06. The molecular weight excluding hydrogens is 200 g/mol. The molecule has 0 saturated heterocycles. The highest BCUT2D eigenvalue weighted by Gasteiger charge is 2.52. The maximum Gasteiger partial charge on any atom is 0.302 e. The van der Waals surface area contributed by atoms with E-state index in [2.05, 4.69) is 0 Å². The van der Waals surface area contributed by atoms with Gasteiger partial charge in [-0.3, -0.25) is 8.74 Å². The van der Waals surface area contributed by atoms with Crippen molar-refractivity contribution in [2.75, 3.05) is 0 Å². The molecule has 4 saturated carbocycles. The van der Waals surface area contributed by atoms with Gasteiger partial charge in [-0.1, -0.05) is 0 Å². The van der Waals surface area contributed by atoms with Crippen LogP contribution in [0.15, 0.2) is 0 Å². The smallest absolute Gasteiger partial charge is 0.284 e. The minimum atomic E-state index is -2.08. The summed E-state index contributed by atoms with van der Waals surface area (Å²) < 4.78 is 24.9. The van der Waals surface area contributed by atoms with Crippen LogP contribution in [-0.2, 0) is 15.5 Å². The Balaban J connectivity index is 1.83. The Bertz CT molecular complexity index is 241. The predicted molar refractivity (Wildman–Crippen MR) is 52.8 cm³/mol. The maximum absolute atomic E-state index is 10.8. The lowest BCUT2D eigenvalue weighted by molar-refractivity contribution is -0.104. The molecule has 0 aliphatic heterocycles. The Hall–Kier alpha value is 0.0700. The molecule has 0 aromatic rings. The molecule has 4 heteroatoms. The molecule has 1 unspecified atom stereocenters. The van der Waals surface area contributed by atoms with Gasteiger partial charge in [0.25, 0.3) is 0 Å². The first-order valence-corrected chi connectivity index (χ1v) is 6.49. The Morgan fingerprint density at radius 2 is 1.50 bits per heavy atom. The largest absolute Gasteiger partial charge is 0.302 e. The van der Waals surface area contributed by atoms with Crippen molar-refractivity contribution in [2.24, 2.45) is 17.8 Å². The van der Waals surface area contributed by atoms with Crippen molar-refractivity contribution in [3.8, 4) is 0 Å². The molecule has 4 fully saturated rings. The zero-order chi connectivity index (χ0) is 9.76. The number of hydrogen-bond donors (Lipinski definition) is 1. The Morgan fingerprint density at radius 3 is 1.86 bits per heavy atom. The summed E-state index contributed by atoms with van der Waals surface area (Å²) >= 11 is -2.08. The van der Waals surface area contributed by atoms with E-state index in [9.17, 15) is 4.21 Å². The maximum atomic E-state index is 10.8. The van der Waals surface area contributed by atoms with Gasteiger partial charge < -0.3 is 0 Å². The molecular formula is C10H16O3S. The highest BCUT2D eigenvalue weighted by Crippen LogP contribution is 2.57. The third kappa shape index (κ3) is 1.44. The van der Waals surface area contributed by atoms with Gasteiger partial charge in [-0.05, 0) is 56.3 Å². The summed E-state index contributed by atoms with van der Waals surface area (Å²) in [6, 6.07) is 0. The molecule has 0 spiro atoms. The second-order valence-corrected chi connectivity index (χ2v) is 6.00. The molecule has 14 heavy (non-hydrogen) atoms. The van der Waals surface area contributed by atoms with Crippen LogP contribution in [0, 0.1) is 17.8 Å². The third-order valence-electron chi connectivity index (χ3n) is 4.23. The summed E-state index contributed by atoms with van der Waals surface area (Å²) in [7, 11) is 0.